The predicted octanol–water partition coefficient (Wildman–Crippen LogP) is 1.26. The number of imide groups is 1. The van der Waals surface area contributed by atoms with E-state index in [1.165, 1.54) is 24.3 Å². The van der Waals surface area contributed by atoms with Crippen LogP contribution in [0.5, 0.6) is 0 Å². The van der Waals surface area contributed by atoms with Crippen molar-refractivity contribution in [1.29, 1.82) is 0 Å². The van der Waals surface area contributed by atoms with Crippen LogP contribution in [-0.4, -0.2) is 41.7 Å². The highest BCUT2D eigenvalue weighted by atomic mass is 19.1. The number of allylic oxidation sites excluding steroid dienone is 2. The highest BCUT2D eigenvalue weighted by molar-refractivity contribution is 6.07. The van der Waals surface area contributed by atoms with Gasteiger partial charge in [-0.25, -0.2) is 4.39 Å². The fourth-order valence-electron chi connectivity index (χ4n) is 3.08. The normalized spacial score (nSPS) is 21.5. The number of benzene rings is 1. The maximum Gasteiger partial charge on any atom is 0.326 e. The zero-order chi connectivity index (χ0) is 18.7. The second kappa shape index (κ2) is 7.47. The number of amides is 3. The maximum absolute atomic E-state index is 12.8. The van der Waals surface area contributed by atoms with Crippen LogP contribution in [0.4, 0.5) is 10.1 Å². The molecule has 0 bridgehead atoms. The lowest BCUT2D eigenvalue weighted by atomic mass is 9.85. The summed E-state index contributed by atoms with van der Waals surface area (Å²) >= 11 is 0. The zero-order valence-corrected chi connectivity index (χ0v) is 13.8. The van der Waals surface area contributed by atoms with Crippen molar-refractivity contribution in [1.82, 2.24) is 4.90 Å². The molecule has 0 radical (unpaired) electrons. The smallest absolute Gasteiger partial charge is 0.326 e. The average molecular weight is 360 g/mol. The number of nitrogens with one attached hydrogen (secondary N) is 1. The third kappa shape index (κ3) is 3.79. The first-order valence-electron chi connectivity index (χ1n) is 8.17. The monoisotopic (exact) mass is 360 g/mol. The molecule has 2 aliphatic rings. The molecule has 136 valence electrons. The van der Waals surface area contributed by atoms with Gasteiger partial charge < -0.3 is 10.1 Å². The lowest BCUT2D eigenvalue weighted by Gasteiger charge is -2.14. The van der Waals surface area contributed by atoms with Gasteiger partial charge in [0.15, 0.2) is 6.61 Å². The first-order valence-corrected chi connectivity index (χ1v) is 8.17. The fraction of sp³-hybridized carbons (Fsp3) is 0.333. The van der Waals surface area contributed by atoms with Crippen LogP contribution >= 0.6 is 0 Å². The second-order valence-corrected chi connectivity index (χ2v) is 6.13. The Morgan fingerprint density at radius 3 is 2.23 bits per heavy atom. The first-order chi connectivity index (χ1) is 12.5. The van der Waals surface area contributed by atoms with Crippen molar-refractivity contribution in [3.63, 3.8) is 0 Å². The molecule has 2 atom stereocenters. The van der Waals surface area contributed by atoms with Crippen LogP contribution in [-0.2, 0) is 23.9 Å². The number of carbonyl (C=O) groups is 4. The number of likely N-dealkylation sites (tertiary alicyclic amines) is 1. The molecule has 3 amide bonds. The Bertz CT molecular complexity index is 748. The summed E-state index contributed by atoms with van der Waals surface area (Å²) in [7, 11) is 0. The predicted molar refractivity (Wildman–Crippen MR) is 88.1 cm³/mol. The van der Waals surface area contributed by atoms with Gasteiger partial charge in [-0.2, -0.15) is 0 Å². The molecule has 26 heavy (non-hydrogen) atoms. The highest BCUT2D eigenvalue weighted by Crippen LogP contribution is 2.34. The molecule has 8 heteroatoms. The molecule has 0 aromatic heterocycles. The number of fused-ring (bicyclic) bond motifs is 1. The Labute approximate surface area is 148 Å². The Morgan fingerprint density at radius 2 is 1.65 bits per heavy atom. The van der Waals surface area contributed by atoms with E-state index in [0.717, 1.165) is 4.90 Å². The number of hydrogen-bond acceptors (Lipinski definition) is 5. The fourth-order valence-corrected chi connectivity index (χ4v) is 3.08. The number of hydrogen-bond donors (Lipinski definition) is 1. The minimum Gasteiger partial charge on any atom is -0.454 e. The van der Waals surface area contributed by atoms with Gasteiger partial charge >= 0.3 is 5.97 Å². The summed E-state index contributed by atoms with van der Waals surface area (Å²) in [5, 5.41) is 2.44. The van der Waals surface area contributed by atoms with Crippen molar-refractivity contribution < 1.29 is 28.3 Å². The lowest BCUT2D eigenvalue weighted by Crippen LogP contribution is -2.37. The third-order valence-electron chi connectivity index (χ3n) is 4.38. The van der Waals surface area contributed by atoms with Crippen molar-refractivity contribution in [3.8, 4) is 0 Å². The zero-order valence-electron chi connectivity index (χ0n) is 13.8. The van der Waals surface area contributed by atoms with Gasteiger partial charge in [-0.3, -0.25) is 24.1 Å². The summed E-state index contributed by atoms with van der Waals surface area (Å²) in [6.45, 7) is -1.07. The summed E-state index contributed by atoms with van der Waals surface area (Å²) in [5.74, 6) is -3.47. The molecule has 1 aromatic carbocycles. The Morgan fingerprint density at radius 1 is 1.08 bits per heavy atom. The molecule has 3 rings (SSSR count). The van der Waals surface area contributed by atoms with Crippen LogP contribution in [0.25, 0.3) is 0 Å². The molecule has 1 aliphatic heterocycles. The third-order valence-corrected chi connectivity index (χ3v) is 4.38. The molecule has 1 aliphatic carbocycles. The summed E-state index contributed by atoms with van der Waals surface area (Å²) < 4.78 is 17.6. The van der Waals surface area contributed by atoms with Crippen molar-refractivity contribution >= 4 is 29.4 Å². The van der Waals surface area contributed by atoms with E-state index in [1.807, 2.05) is 12.2 Å². The van der Waals surface area contributed by atoms with E-state index in [-0.39, 0.29) is 11.8 Å². The van der Waals surface area contributed by atoms with Crippen LogP contribution in [0.1, 0.15) is 12.8 Å². The van der Waals surface area contributed by atoms with Gasteiger partial charge in [0.1, 0.15) is 12.4 Å². The Balaban J connectivity index is 1.48. The van der Waals surface area contributed by atoms with Crippen molar-refractivity contribution in [2.45, 2.75) is 12.8 Å². The van der Waals surface area contributed by atoms with Gasteiger partial charge in [0, 0.05) is 5.69 Å². The van der Waals surface area contributed by atoms with Gasteiger partial charge in [-0.05, 0) is 37.1 Å². The molecule has 0 spiro atoms. The highest BCUT2D eigenvalue weighted by Gasteiger charge is 2.47. The summed E-state index contributed by atoms with van der Waals surface area (Å²) in [5.41, 5.74) is 0.355. The maximum atomic E-state index is 12.8. The molecular formula is C18H17FN2O5. The number of anilines is 1. The number of ether oxygens (including phenoxy) is 1. The van der Waals surface area contributed by atoms with Crippen LogP contribution in [0.3, 0.4) is 0 Å². The molecule has 1 aromatic rings. The minimum atomic E-state index is -0.840. The van der Waals surface area contributed by atoms with Crippen LogP contribution < -0.4 is 5.32 Å². The van der Waals surface area contributed by atoms with E-state index in [4.69, 9.17) is 4.74 Å². The van der Waals surface area contributed by atoms with Crippen molar-refractivity contribution in [2.75, 3.05) is 18.5 Å². The number of nitrogens with zero attached hydrogens (tertiary/aromatic N) is 1. The summed E-state index contributed by atoms with van der Waals surface area (Å²) in [6.07, 6.45) is 4.68. The second-order valence-electron chi connectivity index (χ2n) is 6.13. The molecule has 1 fully saturated rings. The van der Waals surface area contributed by atoms with E-state index < -0.39 is 42.7 Å². The number of rotatable bonds is 5. The van der Waals surface area contributed by atoms with E-state index in [1.54, 1.807) is 0 Å². The van der Waals surface area contributed by atoms with Crippen molar-refractivity contribution in [3.05, 3.63) is 42.2 Å². The average Bonchev–Trinajstić information content (AvgIpc) is 2.87. The largest absolute Gasteiger partial charge is 0.454 e. The van der Waals surface area contributed by atoms with Gasteiger partial charge in [-0.15, -0.1) is 0 Å². The molecule has 1 N–H and O–H groups in total. The summed E-state index contributed by atoms with van der Waals surface area (Å²) in [4.78, 5) is 49.0. The number of carbonyl (C=O) groups excluding carboxylic acids is 4. The lowest BCUT2D eigenvalue weighted by molar-refractivity contribution is -0.154. The number of esters is 1. The Kier molecular flexibility index (Phi) is 5.11. The van der Waals surface area contributed by atoms with Gasteiger partial charge in [-0.1, -0.05) is 12.2 Å². The van der Waals surface area contributed by atoms with Crippen LogP contribution in [0.2, 0.25) is 0 Å². The van der Waals surface area contributed by atoms with E-state index >= 15 is 0 Å². The van der Waals surface area contributed by atoms with Crippen LogP contribution in [0.15, 0.2) is 36.4 Å². The summed E-state index contributed by atoms with van der Waals surface area (Å²) in [6, 6.07) is 5.10. The first kappa shape index (κ1) is 17.8. The quantitative estimate of drug-likeness (QED) is 0.485. The number of halogens is 1. The van der Waals surface area contributed by atoms with E-state index in [2.05, 4.69) is 5.32 Å². The van der Waals surface area contributed by atoms with Gasteiger partial charge in [0.05, 0.1) is 11.8 Å². The Hall–Kier alpha value is -3.03. The topological polar surface area (TPSA) is 92.8 Å². The van der Waals surface area contributed by atoms with E-state index in [9.17, 15) is 23.6 Å². The molecule has 7 nitrogen and oxygen atoms in total. The van der Waals surface area contributed by atoms with Gasteiger partial charge in [0.2, 0.25) is 11.8 Å². The molecule has 1 heterocycles. The van der Waals surface area contributed by atoms with Gasteiger partial charge in [0.25, 0.3) is 5.91 Å². The van der Waals surface area contributed by atoms with Crippen LogP contribution in [0, 0.1) is 17.7 Å². The standard InChI is InChI=1S/C18H17FN2O5/c19-11-5-7-12(8-6-11)20-15(22)10-26-16(23)9-21-17(24)13-3-1-2-4-14(13)18(21)25/h1-2,5-8,13-14H,3-4,9-10H2,(H,20,22)/t13-,14-/m0/s1. The molecule has 1 saturated heterocycles. The SMILES string of the molecule is O=C(COC(=O)CN1C(=O)[C@H]2CC=CC[C@@H]2C1=O)Nc1ccc(F)cc1. The molecule has 0 unspecified atom stereocenters. The van der Waals surface area contributed by atoms with E-state index in [0.29, 0.717) is 18.5 Å². The molecular weight excluding hydrogens is 343 g/mol. The minimum absolute atomic E-state index is 0.355. The van der Waals surface area contributed by atoms with Crippen molar-refractivity contribution in [2.24, 2.45) is 11.8 Å². The molecule has 0 saturated carbocycles.